The summed E-state index contributed by atoms with van der Waals surface area (Å²) < 4.78 is 52.5. The van der Waals surface area contributed by atoms with Gasteiger partial charge in [-0.05, 0) is 94.7 Å². The summed E-state index contributed by atoms with van der Waals surface area (Å²) in [5.41, 5.74) is -0.862. The minimum atomic E-state index is -4.02. The van der Waals surface area contributed by atoms with Gasteiger partial charge in [-0.15, -0.1) is 6.58 Å². The second-order valence-corrected chi connectivity index (χ2v) is 22.3. The van der Waals surface area contributed by atoms with Gasteiger partial charge < -0.3 is 34.5 Å². The van der Waals surface area contributed by atoms with Gasteiger partial charge in [0.1, 0.15) is 35.6 Å². The number of para-hydroxylation sites is 1. The molecule has 7 atom stereocenters. The highest BCUT2D eigenvalue weighted by Gasteiger charge is 2.63. The lowest BCUT2D eigenvalue weighted by molar-refractivity contribution is -0.142. The number of sulfonamides is 1. The summed E-state index contributed by atoms with van der Waals surface area (Å²) in [7, 11) is -4.02. The number of nitrogens with zero attached hydrogens (tertiary/aromatic N) is 3. The number of aromatic nitrogens is 1. The van der Waals surface area contributed by atoms with E-state index in [-0.39, 0.29) is 31.4 Å². The molecular weight excluding hydrogens is 841 g/mol. The molecule has 6 aliphatic rings. The third-order valence-electron chi connectivity index (χ3n) is 14.1. The molecule has 4 heterocycles. The van der Waals surface area contributed by atoms with E-state index < -0.39 is 73.6 Å². The Balaban J connectivity index is 1.10. The Morgan fingerprint density at radius 2 is 1.83 bits per heavy atom. The highest BCUT2D eigenvalue weighted by atomic mass is 32.2. The molecular formula is C47H66N6O10S. The van der Waals surface area contributed by atoms with Crippen molar-refractivity contribution in [1.29, 1.82) is 0 Å². The molecule has 0 radical (unpaired) electrons. The van der Waals surface area contributed by atoms with Crippen LogP contribution in [0.5, 0.6) is 11.6 Å². The van der Waals surface area contributed by atoms with E-state index in [0.717, 1.165) is 94.5 Å². The first-order chi connectivity index (χ1) is 30.5. The van der Waals surface area contributed by atoms with Gasteiger partial charge in [0, 0.05) is 30.8 Å². The third kappa shape index (κ3) is 10.0. The van der Waals surface area contributed by atoms with Crippen molar-refractivity contribution < 1.29 is 46.5 Å². The molecule has 350 valence electrons. The summed E-state index contributed by atoms with van der Waals surface area (Å²) in [4.78, 5) is 65.7. The molecule has 3 saturated carbocycles. The van der Waals surface area contributed by atoms with Gasteiger partial charge in [0.25, 0.3) is 5.91 Å². The van der Waals surface area contributed by atoms with Crippen LogP contribution in [0.15, 0.2) is 36.9 Å². The van der Waals surface area contributed by atoms with E-state index in [4.69, 9.17) is 23.9 Å². The Morgan fingerprint density at radius 3 is 2.55 bits per heavy atom. The monoisotopic (exact) mass is 906 g/mol. The number of amides is 4. The number of hydrogen-bond acceptors (Lipinski definition) is 12. The number of carbonyl (C=O) groups is 4. The maximum atomic E-state index is 14.9. The van der Waals surface area contributed by atoms with Crippen LogP contribution in [0, 0.1) is 17.3 Å². The van der Waals surface area contributed by atoms with E-state index >= 15 is 0 Å². The molecule has 1 aromatic heterocycles. The summed E-state index contributed by atoms with van der Waals surface area (Å²) in [5, 5.41) is 6.59. The van der Waals surface area contributed by atoms with Gasteiger partial charge in [0.2, 0.25) is 27.7 Å². The fourth-order valence-corrected chi connectivity index (χ4v) is 10.7. The lowest BCUT2D eigenvalue weighted by atomic mass is 9.85. The van der Waals surface area contributed by atoms with Crippen molar-refractivity contribution in [3.63, 3.8) is 0 Å². The van der Waals surface area contributed by atoms with Crippen LogP contribution in [0.25, 0.3) is 10.9 Å². The van der Waals surface area contributed by atoms with Crippen LogP contribution < -0.4 is 24.8 Å². The Kier molecular flexibility index (Phi) is 13.3. The number of nitrogens with one attached hydrogen (secondary N) is 3. The molecule has 8 rings (SSSR count). The molecule has 2 saturated heterocycles. The summed E-state index contributed by atoms with van der Waals surface area (Å²) in [6.45, 7) is 15.7. The van der Waals surface area contributed by atoms with Crippen LogP contribution in [0.3, 0.4) is 0 Å². The van der Waals surface area contributed by atoms with Crippen molar-refractivity contribution in [3.8, 4) is 11.6 Å². The van der Waals surface area contributed by atoms with Crippen molar-refractivity contribution in [2.45, 2.75) is 139 Å². The Labute approximate surface area is 377 Å². The van der Waals surface area contributed by atoms with Gasteiger partial charge >= 0.3 is 6.09 Å². The zero-order chi connectivity index (χ0) is 45.4. The number of benzene rings is 1. The van der Waals surface area contributed by atoms with Crippen molar-refractivity contribution in [1.82, 2.24) is 30.1 Å². The normalized spacial score (nSPS) is 29.7. The molecule has 2 aromatic rings. The van der Waals surface area contributed by atoms with E-state index in [0.29, 0.717) is 37.3 Å². The topological polar surface area (TPSA) is 195 Å². The molecule has 64 heavy (non-hydrogen) atoms. The number of pyridine rings is 1. The number of alkyl carbamates (subject to hydrolysis) is 1. The zero-order valence-electron chi connectivity index (χ0n) is 37.8. The van der Waals surface area contributed by atoms with Crippen molar-refractivity contribution in [2.75, 3.05) is 46.0 Å². The van der Waals surface area contributed by atoms with Gasteiger partial charge in [0.05, 0.1) is 42.2 Å². The van der Waals surface area contributed by atoms with Gasteiger partial charge in [-0.3, -0.25) is 24.0 Å². The second-order valence-electron chi connectivity index (χ2n) is 20.1. The highest BCUT2D eigenvalue weighted by Crippen LogP contribution is 2.47. The molecule has 4 amide bonds. The van der Waals surface area contributed by atoms with E-state index in [1.54, 1.807) is 6.92 Å². The fourth-order valence-electron chi connectivity index (χ4n) is 9.43. The number of ether oxygens (including phenoxy) is 4. The molecule has 0 unspecified atom stereocenters. The lowest BCUT2D eigenvalue weighted by Crippen LogP contribution is -2.60. The molecule has 2 bridgehead atoms. The Bertz CT molecular complexity index is 2220. The smallest absolute Gasteiger partial charge is 0.408 e. The molecule has 3 aliphatic heterocycles. The maximum Gasteiger partial charge on any atom is 0.408 e. The van der Waals surface area contributed by atoms with E-state index in [1.807, 2.05) is 45.0 Å². The molecule has 3 N–H and O–H groups in total. The number of rotatable bonds is 12. The first-order valence-electron chi connectivity index (χ1n) is 23.3. The van der Waals surface area contributed by atoms with Crippen LogP contribution in [0.4, 0.5) is 4.79 Å². The first kappa shape index (κ1) is 46.1. The van der Waals surface area contributed by atoms with Crippen molar-refractivity contribution in [3.05, 3.63) is 42.5 Å². The summed E-state index contributed by atoms with van der Waals surface area (Å²) in [6.07, 6.45) is 7.73. The van der Waals surface area contributed by atoms with Crippen LogP contribution in [-0.4, -0.2) is 128 Å². The minimum Gasteiger partial charge on any atom is -0.492 e. The molecule has 1 aromatic carbocycles. The van der Waals surface area contributed by atoms with Crippen molar-refractivity contribution in [2.24, 2.45) is 17.3 Å². The predicted molar refractivity (Wildman–Crippen MR) is 239 cm³/mol. The minimum absolute atomic E-state index is 0.0289. The molecule has 16 nitrogen and oxygen atoms in total. The number of fused-ring (bicyclic) bond motifs is 5. The molecule has 5 fully saturated rings. The summed E-state index contributed by atoms with van der Waals surface area (Å²) in [5.74, 6) is -1.20. The molecule has 17 heteroatoms. The Hall–Kier alpha value is -4.48. The fraction of sp³-hybridized carbons (Fsp3) is 0.681. The Morgan fingerprint density at radius 1 is 1.06 bits per heavy atom. The highest BCUT2D eigenvalue weighted by molar-refractivity contribution is 7.91. The third-order valence-corrected chi connectivity index (χ3v) is 16.3. The van der Waals surface area contributed by atoms with E-state index in [1.165, 1.54) is 11.0 Å². The molecule has 0 spiro atoms. The standard InChI is InChI=1S/C47H66N6O10S/c1-6-31-28-47(31,43(56)51-64(58,59)46(5)18-19-46)50-40(54)36-27-32-29-53(36)42(55)39(45(2,3)4)49-44(57)63-37-26-30(37)14-8-7-9-16-34-38(33-15-10-11-17-35(33)48-41(34)62-32)61-23-13-12-20-52-21-24-60-25-22-52/h6,10-11,15,17,30-32,36-37,39H,1,7-9,12-14,16,18-29H2,2-5H3,(H,49,57)(H,50,54)(H,51,56)/t30-,31-,32-,36+,37-,39-,47-/m1/s1. The van der Waals surface area contributed by atoms with Crippen molar-refractivity contribution >= 4 is 44.7 Å². The van der Waals surface area contributed by atoms with E-state index in [2.05, 4.69) is 26.8 Å². The number of hydrogen-bond donors (Lipinski definition) is 3. The SMILES string of the molecule is C=C[C@@H]1C[C@]1(NC(=O)[C@@H]1C[C@@H]2CN1C(=O)[C@H](C(C)(C)C)NC(=O)O[C@@H]1C[C@H]1CCCCCc1c(nc3ccccc3c1OCCCCN1CCOCC1)O2)C(=O)NS(=O)(=O)C1(C)CC1. The van der Waals surface area contributed by atoms with Gasteiger partial charge in [-0.25, -0.2) is 18.2 Å². The average Bonchev–Trinajstić information content (AvgIpc) is 4.22. The predicted octanol–water partition coefficient (Wildman–Crippen LogP) is 4.78. The van der Waals surface area contributed by atoms with Crippen LogP contribution in [0.1, 0.15) is 104 Å². The number of unbranched alkanes of at least 4 members (excludes halogenated alkanes) is 1. The quantitative estimate of drug-likeness (QED) is 0.195. The van der Waals surface area contributed by atoms with Crippen LogP contribution >= 0.6 is 0 Å². The van der Waals surface area contributed by atoms with E-state index in [9.17, 15) is 27.6 Å². The second kappa shape index (κ2) is 18.4. The first-order valence-corrected chi connectivity index (χ1v) is 24.8. The number of morpholine rings is 1. The zero-order valence-corrected chi connectivity index (χ0v) is 38.6. The van der Waals surface area contributed by atoms with Gasteiger partial charge in [-0.1, -0.05) is 51.8 Å². The summed E-state index contributed by atoms with van der Waals surface area (Å²) >= 11 is 0. The maximum absolute atomic E-state index is 14.9. The lowest BCUT2D eigenvalue weighted by Gasteiger charge is -2.35. The molecule has 3 aliphatic carbocycles. The van der Waals surface area contributed by atoms with Gasteiger partial charge in [0.15, 0.2) is 0 Å². The van der Waals surface area contributed by atoms with Gasteiger partial charge in [-0.2, -0.15) is 0 Å². The average molecular weight is 907 g/mol. The van der Waals surface area contributed by atoms with Crippen LogP contribution in [-0.2, 0) is 40.3 Å². The number of carbonyl (C=O) groups excluding carboxylic acids is 4. The largest absolute Gasteiger partial charge is 0.492 e. The summed E-state index contributed by atoms with van der Waals surface area (Å²) in [6, 6.07) is 5.56. The van der Waals surface area contributed by atoms with Crippen LogP contribution in [0.2, 0.25) is 0 Å².